The van der Waals surface area contributed by atoms with Crippen molar-refractivity contribution in [2.24, 2.45) is 11.6 Å². The number of nitrogens with zero attached hydrogens (tertiary/aromatic N) is 4. The Morgan fingerprint density at radius 1 is 1.30 bits per heavy atom. The zero-order valence-corrected chi connectivity index (χ0v) is 18.7. The number of amides is 2. The fourth-order valence-electron chi connectivity index (χ4n) is 2.72. The van der Waals surface area contributed by atoms with Gasteiger partial charge in [-0.3, -0.25) is 14.6 Å². The maximum Gasteiger partial charge on any atom is 0.274 e. The van der Waals surface area contributed by atoms with Gasteiger partial charge in [-0.1, -0.05) is 23.2 Å². The summed E-state index contributed by atoms with van der Waals surface area (Å²) in [6.45, 7) is 0.0275. The maximum atomic E-state index is 13.1. The smallest absolute Gasteiger partial charge is 0.274 e. The molecule has 0 atom stereocenters. The minimum absolute atomic E-state index is 0.0275. The molecular formula is C18H16BrCl2N7O2. The zero-order valence-electron chi connectivity index (χ0n) is 15.6. The van der Waals surface area contributed by atoms with Crippen LogP contribution in [0.3, 0.4) is 0 Å². The van der Waals surface area contributed by atoms with E-state index in [0.717, 1.165) is 5.01 Å². The molecule has 2 aromatic heterocycles. The Labute approximate surface area is 190 Å². The number of hydrogen-bond donors (Lipinski definition) is 3. The summed E-state index contributed by atoms with van der Waals surface area (Å²) in [5.74, 6) is 4.74. The van der Waals surface area contributed by atoms with Crippen LogP contribution < -0.4 is 16.9 Å². The van der Waals surface area contributed by atoms with E-state index < -0.39 is 11.8 Å². The second-order valence-corrected chi connectivity index (χ2v) is 7.79. The van der Waals surface area contributed by atoms with Crippen LogP contribution in [0.5, 0.6) is 0 Å². The van der Waals surface area contributed by atoms with Crippen LogP contribution >= 0.6 is 39.1 Å². The van der Waals surface area contributed by atoms with Crippen LogP contribution in [-0.2, 0) is 6.54 Å². The van der Waals surface area contributed by atoms with Gasteiger partial charge >= 0.3 is 0 Å². The Morgan fingerprint density at radius 2 is 2.03 bits per heavy atom. The van der Waals surface area contributed by atoms with Gasteiger partial charge in [0, 0.05) is 30.9 Å². The van der Waals surface area contributed by atoms with Crippen LogP contribution in [0.4, 0.5) is 5.69 Å². The van der Waals surface area contributed by atoms with Crippen molar-refractivity contribution in [2.75, 3.05) is 12.4 Å². The Morgan fingerprint density at radius 3 is 2.67 bits per heavy atom. The summed E-state index contributed by atoms with van der Waals surface area (Å²) in [6.07, 6.45) is 1.53. The summed E-state index contributed by atoms with van der Waals surface area (Å²) in [6, 6.07) is 7.75. The molecule has 0 saturated carbocycles. The van der Waals surface area contributed by atoms with Gasteiger partial charge in [0.05, 0.1) is 16.3 Å². The number of benzene rings is 1. The monoisotopic (exact) mass is 511 g/mol. The van der Waals surface area contributed by atoms with E-state index in [0.29, 0.717) is 15.2 Å². The molecule has 12 heteroatoms. The number of nitrogens with two attached hydrogens (primary N) is 2. The Bertz CT molecular complexity index is 1130. The molecule has 2 amide bonds. The molecule has 0 spiro atoms. The van der Waals surface area contributed by atoms with Crippen LogP contribution in [0.15, 0.2) is 41.1 Å². The fraction of sp³-hybridized carbons (Fsp3) is 0.111. The van der Waals surface area contributed by atoms with Gasteiger partial charge < -0.3 is 11.1 Å². The average Bonchev–Trinajstić information content (AvgIpc) is 3.10. The van der Waals surface area contributed by atoms with E-state index >= 15 is 0 Å². The first-order chi connectivity index (χ1) is 14.2. The third-order valence-corrected chi connectivity index (χ3v) is 4.95. The number of nitrogens with one attached hydrogen (secondary N) is 1. The minimum atomic E-state index is -0.569. The Balaban J connectivity index is 2.08. The molecule has 9 nitrogen and oxygen atoms in total. The van der Waals surface area contributed by atoms with Crippen molar-refractivity contribution in [1.82, 2.24) is 19.8 Å². The third kappa shape index (κ3) is 4.47. The molecule has 0 saturated heterocycles. The van der Waals surface area contributed by atoms with E-state index in [1.165, 1.54) is 30.1 Å². The lowest BCUT2D eigenvalue weighted by Crippen LogP contribution is -2.34. The quantitative estimate of drug-likeness (QED) is 0.273. The highest BCUT2D eigenvalue weighted by Gasteiger charge is 2.23. The molecule has 0 bridgehead atoms. The van der Waals surface area contributed by atoms with Crippen LogP contribution in [-0.4, -0.2) is 38.6 Å². The van der Waals surface area contributed by atoms with Gasteiger partial charge in [-0.15, -0.1) is 0 Å². The second kappa shape index (κ2) is 9.11. The number of rotatable bonds is 5. The molecular weight excluding hydrogens is 497 g/mol. The summed E-state index contributed by atoms with van der Waals surface area (Å²) < 4.78 is 1.68. The van der Waals surface area contributed by atoms with Gasteiger partial charge in [0.1, 0.15) is 10.3 Å². The number of pyridine rings is 1. The molecule has 3 aromatic rings. The normalized spacial score (nSPS) is 10.7. The van der Waals surface area contributed by atoms with Gasteiger partial charge in [-0.25, -0.2) is 15.5 Å². The Hall–Kier alpha value is -2.50. The summed E-state index contributed by atoms with van der Waals surface area (Å²) in [5.41, 5.74) is 6.69. The van der Waals surface area contributed by atoms with Crippen molar-refractivity contribution in [1.29, 1.82) is 0 Å². The van der Waals surface area contributed by atoms with E-state index in [1.54, 1.807) is 18.2 Å². The topological polar surface area (TPSA) is 132 Å². The first-order valence-electron chi connectivity index (χ1n) is 8.46. The average molecular weight is 513 g/mol. The molecule has 0 unspecified atom stereocenters. The molecule has 156 valence electrons. The summed E-state index contributed by atoms with van der Waals surface area (Å²) >= 11 is 15.6. The van der Waals surface area contributed by atoms with Gasteiger partial charge in [-0.2, -0.15) is 5.10 Å². The molecule has 3 rings (SSSR count). The maximum absolute atomic E-state index is 13.1. The van der Waals surface area contributed by atoms with E-state index in [2.05, 4.69) is 31.3 Å². The molecule has 0 aliphatic rings. The third-order valence-electron chi connectivity index (χ3n) is 4.05. The van der Waals surface area contributed by atoms with Gasteiger partial charge in [0.25, 0.3) is 11.8 Å². The van der Waals surface area contributed by atoms with Crippen molar-refractivity contribution in [3.05, 3.63) is 68.0 Å². The van der Waals surface area contributed by atoms with Crippen molar-refractivity contribution in [2.45, 2.75) is 6.54 Å². The lowest BCUT2D eigenvalue weighted by molar-refractivity contribution is 0.0796. The lowest BCUT2D eigenvalue weighted by atomic mass is 10.1. The summed E-state index contributed by atoms with van der Waals surface area (Å²) in [4.78, 5) is 29.9. The van der Waals surface area contributed by atoms with Crippen LogP contribution in [0.1, 0.15) is 26.4 Å². The molecule has 5 N–H and O–H groups in total. The van der Waals surface area contributed by atoms with E-state index in [9.17, 15) is 9.59 Å². The number of carbonyl (C=O) groups is 2. The van der Waals surface area contributed by atoms with Crippen LogP contribution in [0, 0.1) is 0 Å². The van der Waals surface area contributed by atoms with Crippen molar-refractivity contribution in [3.8, 4) is 5.82 Å². The SMILES string of the molecule is CN(N)C(=O)c1cc(Cl)cc(CN)c1NC(=O)c1cc(Br)nn1-c1ncccc1Cl. The number of carbonyl (C=O) groups excluding carboxylic acids is 2. The van der Waals surface area contributed by atoms with Crippen LogP contribution in [0.2, 0.25) is 10.0 Å². The first-order valence-corrected chi connectivity index (χ1v) is 10.0. The largest absolute Gasteiger partial charge is 0.326 e. The summed E-state index contributed by atoms with van der Waals surface area (Å²) in [5, 5.41) is 8.42. The number of hydrazine groups is 1. The number of hydrogen-bond acceptors (Lipinski definition) is 6. The number of halogens is 3. The van der Waals surface area contributed by atoms with Crippen LogP contribution in [0.25, 0.3) is 5.82 Å². The van der Waals surface area contributed by atoms with Crippen molar-refractivity contribution < 1.29 is 9.59 Å². The number of anilines is 1. The molecule has 0 aliphatic heterocycles. The molecule has 0 aliphatic carbocycles. The first kappa shape index (κ1) is 22.2. The van der Waals surface area contributed by atoms with Gasteiger partial charge in [0.15, 0.2) is 5.82 Å². The Kier molecular flexibility index (Phi) is 6.74. The standard InChI is InChI=1S/C18H16BrCl2N7O2/c1-27(23)18(30)11-6-10(20)5-9(8-22)15(11)25-17(29)13-7-14(19)26-28(13)16-12(21)3-2-4-24-16/h2-7H,8,22-23H2,1H3,(H,25,29). The summed E-state index contributed by atoms with van der Waals surface area (Å²) in [7, 11) is 1.38. The van der Waals surface area contributed by atoms with Gasteiger partial charge in [0.2, 0.25) is 0 Å². The minimum Gasteiger partial charge on any atom is -0.326 e. The highest BCUT2D eigenvalue weighted by molar-refractivity contribution is 9.10. The highest BCUT2D eigenvalue weighted by atomic mass is 79.9. The zero-order chi connectivity index (χ0) is 22.0. The van der Waals surface area contributed by atoms with E-state index in [4.69, 9.17) is 34.8 Å². The predicted molar refractivity (Wildman–Crippen MR) is 118 cm³/mol. The molecule has 1 aromatic carbocycles. The van der Waals surface area contributed by atoms with Crippen molar-refractivity contribution in [3.63, 3.8) is 0 Å². The second-order valence-electron chi connectivity index (χ2n) is 6.13. The lowest BCUT2D eigenvalue weighted by Gasteiger charge is -2.18. The molecule has 2 heterocycles. The number of aromatic nitrogens is 3. The van der Waals surface area contributed by atoms with E-state index in [1.807, 2.05) is 0 Å². The molecule has 30 heavy (non-hydrogen) atoms. The highest BCUT2D eigenvalue weighted by Crippen LogP contribution is 2.28. The predicted octanol–water partition coefficient (Wildman–Crippen LogP) is 2.99. The molecule has 0 fully saturated rings. The fourth-order valence-corrected chi connectivity index (χ4v) is 3.53. The molecule has 0 radical (unpaired) electrons. The van der Waals surface area contributed by atoms with Crippen molar-refractivity contribution >= 4 is 56.6 Å². The van der Waals surface area contributed by atoms with Gasteiger partial charge in [-0.05, 0) is 45.8 Å². The van der Waals surface area contributed by atoms with E-state index in [-0.39, 0.29) is 34.3 Å².